The van der Waals surface area contributed by atoms with Crippen molar-refractivity contribution in [2.45, 2.75) is 39.9 Å². The van der Waals surface area contributed by atoms with Gasteiger partial charge in [-0.05, 0) is 19.3 Å². The van der Waals surface area contributed by atoms with Gasteiger partial charge in [0.15, 0.2) is 5.79 Å². The van der Waals surface area contributed by atoms with Gasteiger partial charge in [0.25, 0.3) is 0 Å². The molecule has 0 heterocycles. The standard InChI is InChI=1S/C18H20F5NO5/c1-17(2,8-28-18(3,4)27)7-9(25)24-6-5-10(26)29-16-14(22)12(20)11(19)13(21)15(16)23/h5-6,27H,7-8H2,1-4H3,(H,24,25)/b6-5-. The average Bonchev–Trinajstić information content (AvgIpc) is 2.59. The highest BCUT2D eigenvalue weighted by atomic mass is 19.2. The lowest BCUT2D eigenvalue weighted by molar-refractivity contribution is -0.192. The third kappa shape index (κ3) is 7.42. The van der Waals surface area contributed by atoms with E-state index in [-0.39, 0.29) is 13.0 Å². The van der Waals surface area contributed by atoms with Crippen LogP contribution in [0, 0.1) is 34.5 Å². The zero-order chi connectivity index (χ0) is 22.6. The number of aliphatic hydroxyl groups is 1. The van der Waals surface area contributed by atoms with Crippen LogP contribution in [0.5, 0.6) is 5.75 Å². The number of carbonyl (C=O) groups is 2. The van der Waals surface area contributed by atoms with Crippen molar-refractivity contribution in [1.29, 1.82) is 0 Å². The molecule has 0 atom stereocenters. The fourth-order valence-corrected chi connectivity index (χ4v) is 1.92. The van der Waals surface area contributed by atoms with Crippen LogP contribution in [0.4, 0.5) is 22.0 Å². The molecule has 1 aromatic carbocycles. The Morgan fingerprint density at radius 2 is 1.45 bits per heavy atom. The van der Waals surface area contributed by atoms with Crippen LogP contribution in [0.3, 0.4) is 0 Å². The van der Waals surface area contributed by atoms with Gasteiger partial charge in [-0.15, -0.1) is 0 Å². The smallest absolute Gasteiger partial charge is 0.337 e. The van der Waals surface area contributed by atoms with Gasteiger partial charge in [-0.1, -0.05) is 13.8 Å². The molecule has 0 bridgehead atoms. The molecule has 0 saturated heterocycles. The van der Waals surface area contributed by atoms with E-state index in [1.807, 2.05) is 0 Å². The first-order valence-corrected chi connectivity index (χ1v) is 8.20. The van der Waals surface area contributed by atoms with Gasteiger partial charge < -0.3 is 19.9 Å². The Bertz CT molecular complexity index is 789. The minimum absolute atomic E-state index is 0.0376. The molecule has 0 radical (unpaired) electrons. The molecule has 2 N–H and O–H groups in total. The minimum Gasteiger partial charge on any atom is -0.417 e. The van der Waals surface area contributed by atoms with Crippen LogP contribution >= 0.6 is 0 Å². The number of benzene rings is 1. The Hall–Kier alpha value is -2.53. The second-order valence-corrected chi connectivity index (χ2v) is 7.30. The highest BCUT2D eigenvalue weighted by Crippen LogP contribution is 2.29. The first kappa shape index (κ1) is 24.5. The molecule has 1 amide bonds. The number of esters is 1. The summed E-state index contributed by atoms with van der Waals surface area (Å²) < 4.78 is 75.2. The Morgan fingerprint density at radius 3 is 1.93 bits per heavy atom. The topological polar surface area (TPSA) is 84.9 Å². The minimum atomic E-state index is -2.39. The molecule has 0 saturated carbocycles. The Labute approximate surface area is 163 Å². The van der Waals surface area contributed by atoms with Crippen molar-refractivity contribution in [3.8, 4) is 5.75 Å². The third-order valence-corrected chi connectivity index (χ3v) is 3.29. The van der Waals surface area contributed by atoms with Crippen LogP contribution in [-0.2, 0) is 14.3 Å². The number of nitrogens with one attached hydrogen (secondary N) is 1. The Morgan fingerprint density at radius 1 is 0.966 bits per heavy atom. The molecule has 0 unspecified atom stereocenters. The summed E-state index contributed by atoms with van der Waals surface area (Å²) in [4.78, 5) is 23.4. The molecule has 0 aliphatic heterocycles. The summed E-state index contributed by atoms with van der Waals surface area (Å²) in [6, 6.07) is 0. The van der Waals surface area contributed by atoms with E-state index in [1.165, 1.54) is 13.8 Å². The normalized spacial score (nSPS) is 12.3. The van der Waals surface area contributed by atoms with E-state index in [0.717, 1.165) is 6.20 Å². The summed E-state index contributed by atoms with van der Waals surface area (Å²) in [5, 5.41) is 11.7. The fraction of sp³-hybridized carbons (Fsp3) is 0.444. The Balaban J connectivity index is 2.67. The number of amides is 1. The zero-order valence-electron chi connectivity index (χ0n) is 16.0. The van der Waals surface area contributed by atoms with Crippen LogP contribution < -0.4 is 10.1 Å². The molecule has 11 heteroatoms. The lowest BCUT2D eigenvalue weighted by Crippen LogP contribution is -2.33. The quantitative estimate of drug-likeness (QED) is 0.127. The van der Waals surface area contributed by atoms with E-state index >= 15 is 0 Å². The van der Waals surface area contributed by atoms with Crippen molar-refractivity contribution in [3.63, 3.8) is 0 Å². The molecule has 0 spiro atoms. The third-order valence-electron chi connectivity index (χ3n) is 3.29. The summed E-state index contributed by atoms with van der Waals surface area (Å²) >= 11 is 0. The predicted molar refractivity (Wildman–Crippen MR) is 89.8 cm³/mol. The maximum Gasteiger partial charge on any atom is 0.337 e. The SMILES string of the molecule is CC(C)(COC(C)(C)O)CC(=O)N/C=C\C(=O)Oc1c(F)c(F)c(F)c(F)c1F. The lowest BCUT2D eigenvalue weighted by Gasteiger charge is -2.28. The second kappa shape index (κ2) is 9.31. The van der Waals surface area contributed by atoms with E-state index in [1.54, 1.807) is 13.8 Å². The van der Waals surface area contributed by atoms with Crippen molar-refractivity contribution in [2.24, 2.45) is 5.41 Å². The van der Waals surface area contributed by atoms with Crippen LogP contribution in [0.1, 0.15) is 34.1 Å². The van der Waals surface area contributed by atoms with Gasteiger partial charge in [-0.3, -0.25) is 4.79 Å². The van der Waals surface area contributed by atoms with E-state index < -0.39 is 57.9 Å². The second-order valence-electron chi connectivity index (χ2n) is 7.30. The van der Waals surface area contributed by atoms with E-state index in [4.69, 9.17) is 4.74 Å². The number of hydrogen-bond donors (Lipinski definition) is 2. The van der Waals surface area contributed by atoms with Gasteiger partial charge in [0.05, 0.1) is 6.61 Å². The van der Waals surface area contributed by atoms with Crippen molar-refractivity contribution < 1.29 is 46.1 Å². The maximum atomic E-state index is 13.4. The van der Waals surface area contributed by atoms with Crippen molar-refractivity contribution in [1.82, 2.24) is 5.32 Å². The molecule has 162 valence electrons. The first-order chi connectivity index (χ1) is 13.1. The molecule has 0 aromatic heterocycles. The summed E-state index contributed by atoms with van der Waals surface area (Å²) in [6.45, 7) is 6.24. The van der Waals surface area contributed by atoms with Crippen LogP contribution in [0.15, 0.2) is 12.3 Å². The van der Waals surface area contributed by atoms with Gasteiger partial charge in [0.2, 0.25) is 40.7 Å². The van der Waals surface area contributed by atoms with Gasteiger partial charge in [-0.2, -0.15) is 8.78 Å². The highest BCUT2D eigenvalue weighted by Gasteiger charge is 2.28. The van der Waals surface area contributed by atoms with Crippen molar-refractivity contribution in [2.75, 3.05) is 6.61 Å². The molecule has 6 nitrogen and oxygen atoms in total. The maximum absolute atomic E-state index is 13.4. The first-order valence-electron chi connectivity index (χ1n) is 8.20. The molecular weight excluding hydrogens is 405 g/mol. The molecule has 0 fully saturated rings. The van der Waals surface area contributed by atoms with E-state index in [9.17, 15) is 36.6 Å². The van der Waals surface area contributed by atoms with E-state index in [0.29, 0.717) is 6.08 Å². The van der Waals surface area contributed by atoms with Crippen LogP contribution in [0.25, 0.3) is 0 Å². The molecular formula is C18H20F5NO5. The number of rotatable bonds is 8. The van der Waals surface area contributed by atoms with Crippen molar-refractivity contribution in [3.05, 3.63) is 41.4 Å². The Kier molecular flexibility index (Phi) is 7.87. The molecule has 1 rings (SSSR count). The van der Waals surface area contributed by atoms with E-state index in [2.05, 4.69) is 10.1 Å². The van der Waals surface area contributed by atoms with Gasteiger partial charge in [-0.25, -0.2) is 18.0 Å². The number of halogens is 5. The highest BCUT2D eigenvalue weighted by molar-refractivity contribution is 5.85. The number of carbonyl (C=O) groups excluding carboxylic acids is 2. The largest absolute Gasteiger partial charge is 0.417 e. The van der Waals surface area contributed by atoms with Gasteiger partial charge in [0, 0.05) is 18.7 Å². The molecule has 29 heavy (non-hydrogen) atoms. The van der Waals surface area contributed by atoms with Gasteiger partial charge in [0.1, 0.15) is 0 Å². The summed E-state index contributed by atoms with van der Waals surface area (Å²) in [5.41, 5.74) is -0.687. The monoisotopic (exact) mass is 425 g/mol. The average molecular weight is 425 g/mol. The molecule has 0 aliphatic carbocycles. The zero-order valence-corrected chi connectivity index (χ0v) is 16.0. The van der Waals surface area contributed by atoms with Crippen molar-refractivity contribution >= 4 is 11.9 Å². The summed E-state index contributed by atoms with van der Waals surface area (Å²) in [7, 11) is 0. The lowest BCUT2D eigenvalue weighted by atomic mass is 9.90. The summed E-state index contributed by atoms with van der Waals surface area (Å²) in [6.07, 6.45) is 1.22. The fourth-order valence-electron chi connectivity index (χ4n) is 1.92. The molecule has 0 aliphatic rings. The number of ether oxygens (including phenoxy) is 2. The predicted octanol–water partition coefficient (Wildman–Crippen LogP) is 3.08. The van der Waals surface area contributed by atoms with Gasteiger partial charge >= 0.3 is 5.97 Å². The van der Waals surface area contributed by atoms with Crippen LogP contribution in [-0.4, -0.2) is 29.4 Å². The van der Waals surface area contributed by atoms with Crippen LogP contribution in [0.2, 0.25) is 0 Å². The summed E-state index contributed by atoms with van der Waals surface area (Å²) in [5.74, 6) is -16.7. The molecule has 1 aromatic rings. The number of hydrogen-bond acceptors (Lipinski definition) is 5.